The van der Waals surface area contributed by atoms with Gasteiger partial charge in [-0.25, -0.2) is 19.2 Å². The van der Waals surface area contributed by atoms with Crippen LogP contribution < -0.4 is 0 Å². The predicted molar refractivity (Wildman–Crippen MR) is 311 cm³/mol. The molecule has 462 valence electrons. The standard InChI is InChI=1S/C29H42O10.C12H18O7.C8H8.C7H10O3.5CH4/c1-6-22(23-11-8-7-9-12-23)17-29(5,20-28(3,4)25(31)39-19-24-18-38-24)26(32)35-15-16-37-27(33)36-14-10-13-34-21(2)30;1-9(2)11(14)17-7-8-19-12(15)18-6-4-5-16-10(3)13;1-2-8-6-4-3-5-7-8;1-5(2)7(8)10-4-6-3-9-6;;;;;/h7-9,11-12,22,24H,6,10,13-20H2,1-5H3;1,4-8H2,2-3H3;2-7H,1H2;6H,1,3-4H2,2H3;5*1H4. The summed E-state index contributed by atoms with van der Waals surface area (Å²) >= 11 is 0. The topological polar surface area (TPSA) is 254 Å². The maximum absolute atomic E-state index is 13.5. The SMILES string of the molecule is C.C.C.C.C.C=C(C)C(=O)OCC1CO1.C=C(C)C(=O)OCCOC(=O)OCCCOC(C)=O.C=Cc1ccccc1.CCC(CC(C)(CC(C)(C)C(=O)OCC1CO1)C(=O)OCCOC(=O)OCCCOC(C)=O)c1ccccc1. The Balaban J connectivity index is -0.000000378. The number of carbonyl (C=O) groups is 8. The van der Waals surface area contributed by atoms with Crippen LogP contribution in [0, 0.1) is 10.8 Å². The number of hydrogen-bond donors (Lipinski definition) is 0. The molecule has 2 heterocycles. The van der Waals surface area contributed by atoms with E-state index in [2.05, 4.69) is 40.9 Å². The highest BCUT2D eigenvalue weighted by Crippen LogP contribution is 2.44. The summed E-state index contributed by atoms with van der Waals surface area (Å²) in [5.41, 5.74) is 1.00. The number of epoxide rings is 2. The molecule has 0 radical (unpaired) electrons. The predicted octanol–water partition coefficient (Wildman–Crippen LogP) is 11.8. The quantitative estimate of drug-likeness (QED) is 0.0241. The maximum atomic E-state index is 13.5. The molecule has 0 saturated carbocycles. The summed E-state index contributed by atoms with van der Waals surface area (Å²) in [5.74, 6) is -2.50. The zero-order chi connectivity index (χ0) is 56.9. The van der Waals surface area contributed by atoms with Crippen molar-refractivity contribution < 1.29 is 95.2 Å². The van der Waals surface area contributed by atoms with Crippen molar-refractivity contribution in [1.29, 1.82) is 0 Å². The first-order valence-corrected chi connectivity index (χ1v) is 24.8. The van der Waals surface area contributed by atoms with Gasteiger partial charge in [0.15, 0.2) is 0 Å². The van der Waals surface area contributed by atoms with E-state index in [0.717, 1.165) is 12.0 Å². The minimum absolute atomic E-state index is 0. The van der Waals surface area contributed by atoms with Gasteiger partial charge in [0, 0.05) is 37.8 Å². The van der Waals surface area contributed by atoms with Gasteiger partial charge in [0.2, 0.25) is 0 Å². The molecule has 4 unspecified atom stereocenters. The first-order valence-electron chi connectivity index (χ1n) is 24.8. The van der Waals surface area contributed by atoms with Crippen molar-refractivity contribution in [2.75, 3.05) is 79.3 Å². The number of ether oxygens (including phenoxy) is 12. The molecule has 2 aromatic rings. The van der Waals surface area contributed by atoms with Crippen LogP contribution in [0.1, 0.15) is 142 Å². The molecule has 2 saturated heterocycles. The lowest BCUT2D eigenvalue weighted by molar-refractivity contribution is -0.165. The summed E-state index contributed by atoms with van der Waals surface area (Å²) in [4.78, 5) is 91.9. The molecule has 0 N–H and O–H groups in total. The molecule has 2 aliphatic rings. The zero-order valence-electron chi connectivity index (χ0n) is 45.4. The van der Waals surface area contributed by atoms with Crippen LogP contribution in [-0.2, 0) is 85.6 Å². The van der Waals surface area contributed by atoms with Crippen molar-refractivity contribution in [1.82, 2.24) is 0 Å². The van der Waals surface area contributed by atoms with Crippen LogP contribution in [-0.4, -0.2) is 140 Å². The molecule has 0 aromatic heterocycles. The Hall–Kier alpha value is -7.06. The highest BCUT2D eigenvalue weighted by atomic mass is 16.7. The molecule has 2 fully saturated rings. The van der Waals surface area contributed by atoms with E-state index in [-0.39, 0.29) is 139 Å². The number of carbonyl (C=O) groups excluding carboxylic acids is 8. The first-order chi connectivity index (χ1) is 36.0. The Kier molecular flexibility index (Phi) is 47.7. The summed E-state index contributed by atoms with van der Waals surface area (Å²) in [7, 11) is 0. The van der Waals surface area contributed by atoms with E-state index in [0.29, 0.717) is 44.7 Å². The number of benzene rings is 2. The molecule has 2 aliphatic heterocycles. The average molecular weight is 1150 g/mol. The van der Waals surface area contributed by atoms with E-state index < -0.39 is 47.0 Å². The smallest absolute Gasteiger partial charge is 0.466 e. The lowest BCUT2D eigenvalue weighted by Crippen LogP contribution is -2.40. The molecule has 20 nitrogen and oxygen atoms in total. The maximum Gasteiger partial charge on any atom is 0.508 e. The van der Waals surface area contributed by atoms with Gasteiger partial charge in [-0.1, -0.05) is 131 Å². The van der Waals surface area contributed by atoms with Gasteiger partial charge in [-0.3, -0.25) is 19.2 Å². The summed E-state index contributed by atoms with van der Waals surface area (Å²) < 4.78 is 59.0. The van der Waals surface area contributed by atoms with Crippen molar-refractivity contribution in [2.45, 2.75) is 143 Å². The second kappa shape index (κ2) is 46.7. The van der Waals surface area contributed by atoms with Crippen molar-refractivity contribution in [2.24, 2.45) is 10.8 Å². The van der Waals surface area contributed by atoms with Gasteiger partial charge in [0.25, 0.3) is 0 Å². The van der Waals surface area contributed by atoms with Gasteiger partial charge in [-0.05, 0) is 70.9 Å². The molecule has 2 aromatic carbocycles. The molecule has 0 aliphatic carbocycles. The average Bonchev–Trinajstić information content (AvgIpc) is 4.34. The van der Waals surface area contributed by atoms with Crippen LogP contribution in [0.2, 0.25) is 0 Å². The van der Waals surface area contributed by atoms with E-state index >= 15 is 0 Å². The van der Waals surface area contributed by atoms with Crippen LogP contribution in [0.25, 0.3) is 6.08 Å². The van der Waals surface area contributed by atoms with Crippen molar-refractivity contribution in [3.63, 3.8) is 0 Å². The van der Waals surface area contributed by atoms with E-state index in [4.69, 9.17) is 42.6 Å². The fourth-order valence-corrected chi connectivity index (χ4v) is 6.38. The third-order valence-electron chi connectivity index (χ3n) is 10.4. The van der Waals surface area contributed by atoms with Gasteiger partial charge < -0.3 is 56.8 Å². The van der Waals surface area contributed by atoms with Crippen molar-refractivity contribution in [3.8, 4) is 0 Å². The van der Waals surface area contributed by atoms with Crippen LogP contribution in [0.5, 0.6) is 0 Å². The Morgan fingerprint density at radius 3 is 1.32 bits per heavy atom. The Labute approximate surface area is 483 Å². The molecule has 81 heavy (non-hydrogen) atoms. The highest BCUT2D eigenvalue weighted by molar-refractivity contribution is 5.87. The third-order valence-corrected chi connectivity index (χ3v) is 10.4. The second-order valence-corrected chi connectivity index (χ2v) is 18.2. The summed E-state index contributed by atoms with van der Waals surface area (Å²) in [6.45, 7) is 25.4. The minimum atomic E-state index is -1.02. The summed E-state index contributed by atoms with van der Waals surface area (Å²) in [6, 6.07) is 19.9. The monoisotopic (exact) mass is 1150 g/mol. The van der Waals surface area contributed by atoms with Crippen LogP contribution >= 0.6 is 0 Å². The summed E-state index contributed by atoms with van der Waals surface area (Å²) in [5, 5.41) is 0. The van der Waals surface area contributed by atoms with E-state index in [1.165, 1.54) is 26.3 Å². The molecule has 4 atom stereocenters. The molecule has 0 bridgehead atoms. The highest BCUT2D eigenvalue weighted by Gasteiger charge is 2.45. The molecule has 4 rings (SSSR count). The van der Waals surface area contributed by atoms with Crippen LogP contribution in [0.3, 0.4) is 0 Å². The zero-order valence-corrected chi connectivity index (χ0v) is 45.4. The fourth-order valence-electron chi connectivity index (χ4n) is 6.38. The van der Waals surface area contributed by atoms with Gasteiger partial charge in [0.05, 0.1) is 50.5 Å². The molecular weight excluding hydrogens is 1050 g/mol. The molecule has 20 heteroatoms. The van der Waals surface area contributed by atoms with Gasteiger partial charge in [0.1, 0.15) is 51.8 Å². The lowest BCUT2D eigenvalue weighted by atomic mass is 9.68. The minimum Gasteiger partial charge on any atom is -0.466 e. The normalized spacial score (nSPS) is 13.8. The van der Waals surface area contributed by atoms with Gasteiger partial charge in [-0.2, -0.15) is 0 Å². The first kappa shape index (κ1) is 82.8. The van der Waals surface area contributed by atoms with Crippen LogP contribution in [0.4, 0.5) is 9.59 Å². The molecule has 0 amide bonds. The second-order valence-electron chi connectivity index (χ2n) is 18.2. The number of esters is 6. The fraction of sp³-hybridized carbons (Fsp3) is 0.574. The Bertz CT molecular complexity index is 2130. The van der Waals surface area contributed by atoms with E-state index in [1.807, 2.05) is 66.7 Å². The third kappa shape index (κ3) is 41.6. The van der Waals surface area contributed by atoms with Crippen molar-refractivity contribution in [3.05, 3.63) is 103 Å². The van der Waals surface area contributed by atoms with E-state index in [9.17, 15) is 38.4 Å². The number of hydrogen-bond acceptors (Lipinski definition) is 20. The van der Waals surface area contributed by atoms with Crippen LogP contribution in [0.15, 0.2) is 91.5 Å². The molecule has 0 spiro atoms. The lowest BCUT2D eigenvalue weighted by Gasteiger charge is -2.36. The van der Waals surface area contributed by atoms with Crippen molar-refractivity contribution >= 4 is 54.2 Å². The largest absolute Gasteiger partial charge is 0.508 e. The van der Waals surface area contributed by atoms with Gasteiger partial charge >= 0.3 is 48.1 Å². The summed E-state index contributed by atoms with van der Waals surface area (Å²) in [6.07, 6.45) is 2.34. The number of rotatable bonds is 29. The Morgan fingerprint density at radius 1 is 0.543 bits per heavy atom. The van der Waals surface area contributed by atoms with E-state index in [1.54, 1.807) is 27.7 Å². The van der Waals surface area contributed by atoms with Gasteiger partial charge in [-0.15, -0.1) is 0 Å². The Morgan fingerprint density at radius 2 is 0.926 bits per heavy atom. The molecular formula is C61H98O20.